The average molecular weight is 277 g/mol. The first kappa shape index (κ1) is 10.3. The van der Waals surface area contributed by atoms with Gasteiger partial charge in [0.1, 0.15) is 5.54 Å². The quantitative estimate of drug-likeness (QED) is 0.902. The summed E-state index contributed by atoms with van der Waals surface area (Å²) >= 11 is 3.48. The van der Waals surface area contributed by atoms with Gasteiger partial charge in [0.25, 0.3) is 0 Å². The molecule has 2 nitrogen and oxygen atoms in total. The fraction of sp³-hybridized carbons (Fsp3) is 0.462. The van der Waals surface area contributed by atoms with Crippen LogP contribution in [-0.2, 0) is 12.0 Å². The lowest BCUT2D eigenvalue weighted by Crippen LogP contribution is -2.40. The summed E-state index contributed by atoms with van der Waals surface area (Å²) in [6, 6.07) is 9.32. The summed E-state index contributed by atoms with van der Waals surface area (Å²) < 4.78 is 1.10. The molecule has 1 saturated carbocycles. The van der Waals surface area contributed by atoms with Crippen molar-refractivity contribution in [3.8, 4) is 6.07 Å². The fourth-order valence-electron chi connectivity index (χ4n) is 2.52. The summed E-state index contributed by atoms with van der Waals surface area (Å²) in [6.45, 7) is 0. The Morgan fingerprint density at radius 2 is 2.25 bits per heavy atom. The number of aryl methyl sites for hydroxylation is 1. The molecular formula is C13H13BrN2. The second-order valence-corrected chi connectivity index (χ2v) is 5.65. The van der Waals surface area contributed by atoms with Crippen molar-refractivity contribution < 1.29 is 0 Å². The van der Waals surface area contributed by atoms with Crippen LogP contribution in [0.5, 0.6) is 0 Å². The molecule has 16 heavy (non-hydrogen) atoms. The van der Waals surface area contributed by atoms with E-state index in [0.29, 0.717) is 6.04 Å². The van der Waals surface area contributed by atoms with Gasteiger partial charge in [-0.2, -0.15) is 5.26 Å². The van der Waals surface area contributed by atoms with Gasteiger partial charge in [-0.15, -0.1) is 0 Å². The van der Waals surface area contributed by atoms with Gasteiger partial charge in [0.15, 0.2) is 0 Å². The Morgan fingerprint density at radius 3 is 2.94 bits per heavy atom. The lowest BCUT2D eigenvalue weighted by atomic mass is 9.93. The molecule has 0 aliphatic heterocycles. The minimum absolute atomic E-state index is 0.419. The highest BCUT2D eigenvalue weighted by molar-refractivity contribution is 9.10. The standard InChI is InChI=1S/C13H13BrN2/c14-10-1-4-12-9(7-10)5-6-13(12,8-15)16-11-2-3-11/h1,4,7,11,16H,2-3,5-6H2. The topological polar surface area (TPSA) is 35.8 Å². The number of nitrogens with one attached hydrogen (secondary N) is 1. The average Bonchev–Trinajstić information content (AvgIpc) is 3.02. The summed E-state index contributed by atoms with van der Waals surface area (Å²) in [5.74, 6) is 0. The second-order valence-electron chi connectivity index (χ2n) is 4.74. The van der Waals surface area contributed by atoms with Crippen molar-refractivity contribution in [3.05, 3.63) is 33.8 Å². The van der Waals surface area contributed by atoms with Crippen molar-refractivity contribution in [2.24, 2.45) is 0 Å². The first-order valence-corrected chi connectivity index (χ1v) is 6.51. The van der Waals surface area contributed by atoms with Crippen LogP contribution in [0, 0.1) is 11.3 Å². The molecule has 0 heterocycles. The Morgan fingerprint density at radius 1 is 1.44 bits per heavy atom. The predicted octanol–water partition coefficient (Wildman–Crippen LogP) is 2.87. The Labute approximate surface area is 104 Å². The maximum atomic E-state index is 9.49. The van der Waals surface area contributed by atoms with Gasteiger partial charge < -0.3 is 0 Å². The van der Waals surface area contributed by atoms with Crippen LogP contribution in [0.15, 0.2) is 22.7 Å². The normalized spacial score (nSPS) is 27.5. The van der Waals surface area contributed by atoms with E-state index in [-0.39, 0.29) is 0 Å². The SMILES string of the molecule is N#CC1(NC2CC2)CCc2cc(Br)ccc21. The second kappa shape index (κ2) is 3.58. The first-order chi connectivity index (χ1) is 7.73. The molecule has 1 N–H and O–H groups in total. The zero-order valence-corrected chi connectivity index (χ0v) is 10.5. The lowest BCUT2D eigenvalue weighted by Gasteiger charge is -2.23. The zero-order valence-electron chi connectivity index (χ0n) is 8.96. The van der Waals surface area contributed by atoms with Gasteiger partial charge in [-0.1, -0.05) is 22.0 Å². The summed E-state index contributed by atoms with van der Waals surface area (Å²) in [4.78, 5) is 0. The number of halogens is 1. The molecule has 1 aromatic rings. The molecule has 3 rings (SSSR count). The molecule has 2 aliphatic carbocycles. The monoisotopic (exact) mass is 276 g/mol. The smallest absolute Gasteiger partial charge is 0.133 e. The third-order valence-corrected chi connectivity index (χ3v) is 4.01. The van der Waals surface area contributed by atoms with E-state index in [1.165, 1.54) is 24.0 Å². The van der Waals surface area contributed by atoms with Gasteiger partial charge in [-0.3, -0.25) is 5.32 Å². The van der Waals surface area contributed by atoms with Crippen molar-refractivity contribution in [2.45, 2.75) is 37.3 Å². The van der Waals surface area contributed by atoms with Crippen LogP contribution in [0.4, 0.5) is 0 Å². The van der Waals surface area contributed by atoms with Gasteiger partial charge >= 0.3 is 0 Å². The molecule has 82 valence electrons. The van der Waals surface area contributed by atoms with Crippen LogP contribution in [0.3, 0.4) is 0 Å². The van der Waals surface area contributed by atoms with E-state index in [0.717, 1.165) is 17.3 Å². The molecule has 1 fully saturated rings. The number of hydrogen-bond donors (Lipinski definition) is 1. The van der Waals surface area contributed by atoms with Crippen LogP contribution in [0.25, 0.3) is 0 Å². The van der Waals surface area contributed by atoms with E-state index in [2.05, 4.69) is 39.4 Å². The van der Waals surface area contributed by atoms with Crippen LogP contribution in [-0.4, -0.2) is 6.04 Å². The summed E-state index contributed by atoms with van der Waals surface area (Å²) in [5.41, 5.74) is 2.08. The molecule has 1 unspecified atom stereocenters. The summed E-state index contributed by atoms with van der Waals surface area (Å²) in [5, 5.41) is 13.0. The van der Waals surface area contributed by atoms with Crippen LogP contribution < -0.4 is 5.32 Å². The van der Waals surface area contributed by atoms with Gasteiger partial charge in [0.2, 0.25) is 0 Å². The van der Waals surface area contributed by atoms with Crippen molar-refractivity contribution in [2.75, 3.05) is 0 Å². The van der Waals surface area contributed by atoms with Crippen molar-refractivity contribution in [3.63, 3.8) is 0 Å². The zero-order chi connectivity index (χ0) is 11.2. The van der Waals surface area contributed by atoms with E-state index < -0.39 is 5.54 Å². The molecule has 1 atom stereocenters. The molecule has 3 heteroatoms. The van der Waals surface area contributed by atoms with Crippen LogP contribution >= 0.6 is 15.9 Å². The Kier molecular flexibility index (Phi) is 2.31. The van der Waals surface area contributed by atoms with E-state index in [1.54, 1.807) is 0 Å². The maximum absolute atomic E-state index is 9.49. The predicted molar refractivity (Wildman–Crippen MR) is 65.9 cm³/mol. The van der Waals surface area contributed by atoms with Gasteiger partial charge in [0.05, 0.1) is 6.07 Å². The summed E-state index contributed by atoms with van der Waals surface area (Å²) in [6.07, 6.45) is 4.35. The fourth-order valence-corrected chi connectivity index (χ4v) is 2.93. The minimum Gasteiger partial charge on any atom is -0.293 e. The summed E-state index contributed by atoms with van der Waals surface area (Å²) in [7, 11) is 0. The van der Waals surface area contributed by atoms with E-state index in [4.69, 9.17) is 0 Å². The van der Waals surface area contributed by atoms with Crippen molar-refractivity contribution in [1.29, 1.82) is 5.26 Å². The first-order valence-electron chi connectivity index (χ1n) is 5.71. The number of nitriles is 1. The molecule has 0 radical (unpaired) electrons. The van der Waals surface area contributed by atoms with Crippen molar-refractivity contribution in [1.82, 2.24) is 5.32 Å². The number of rotatable bonds is 2. The molecule has 0 bridgehead atoms. The highest BCUT2D eigenvalue weighted by Gasteiger charge is 2.42. The highest BCUT2D eigenvalue weighted by atomic mass is 79.9. The van der Waals surface area contributed by atoms with E-state index >= 15 is 0 Å². The largest absolute Gasteiger partial charge is 0.293 e. The lowest BCUT2D eigenvalue weighted by molar-refractivity contribution is 0.421. The number of fused-ring (bicyclic) bond motifs is 1. The van der Waals surface area contributed by atoms with Crippen LogP contribution in [0.2, 0.25) is 0 Å². The molecule has 0 aromatic heterocycles. The van der Waals surface area contributed by atoms with Crippen LogP contribution in [0.1, 0.15) is 30.4 Å². The van der Waals surface area contributed by atoms with Crippen molar-refractivity contribution >= 4 is 15.9 Å². The Bertz CT molecular complexity index is 473. The number of hydrogen-bond acceptors (Lipinski definition) is 2. The Hall–Kier alpha value is -0.850. The third-order valence-electron chi connectivity index (χ3n) is 3.52. The number of nitrogens with zero attached hydrogens (tertiary/aromatic N) is 1. The molecule has 0 spiro atoms. The molecule has 1 aromatic carbocycles. The number of benzene rings is 1. The molecule has 2 aliphatic rings. The molecule has 0 saturated heterocycles. The Balaban J connectivity index is 2.02. The third kappa shape index (κ3) is 1.57. The molecular weight excluding hydrogens is 264 g/mol. The van der Waals surface area contributed by atoms with E-state index in [1.807, 2.05) is 6.07 Å². The van der Waals surface area contributed by atoms with E-state index in [9.17, 15) is 5.26 Å². The highest BCUT2D eigenvalue weighted by Crippen LogP contribution is 2.40. The maximum Gasteiger partial charge on any atom is 0.133 e. The van der Waals surface area contributed by atoms with Gasteiger partial charge in [-0.25, -0.2) is 0 Å². The minimum atomic E-state index is -0.419. The van der Waals surface area contributed by atoms with Gasteiger partial charge in [0, 0.05) is 10.5 Å². The van der Waals surface area contributed by atoms with Gasteiger partial charge in [-0.05, 0) is 48.9 Å². The molecule has 0 amide bonds.